The molecule has 0 saturated carbocycles. The average molecular weight is 394 g/mol. The number of hydrogen-bond acceptors (Lipinski definition) is 3. The van der Waals surface area contributed by atoms with Crippen molar-refractivity contribution >= 4 is 46.6 Å². The molecule has 0 aliphatic heterocycles. The molecule has 136 valence electrons. The summed E-state index contributed by atoms with van der Waals surface area (Å²) in [5.74, 6) is -1.03. The Kier molecular flexibility index (Phi) is 7.00. The van der Waals surface area contributed by atoms with Gasteiger partial charge in [-0.3, -0.25) is 14.4 Å². The van der Waals surface area contributed by atoms with Gasteiger partial charge >= 0.3 is 0 Å². The van der Waals surface area contributed by atoms with Crippen LogP contribution in [0.2, 0.25) is 10.0 Å². The van der Waals surface area contributed by atoms with Gasteiger partial charge in [0.1, 0.15) is 0 Å². The highest BCUT2D eigenvalue weighted by Crippen LogP contribution is 2.21. The van der Waals surface area contributed by atoms with E-state index in [0.717, 1.165) is 0 Å². The van der Waals surface area contributed by atoms with Crippen molar-refractivity contribution in [2.45, 2.75) is 6.42 Å². The summed E-state index contributed by atoms with van der Waals surface area (Å²) in [5, 5.41) is 8.62. The molecule has 0 bridgehead atoms. The number of rotatable bonds is 6. The zero-order valence-corrected chi connectivity index (χ0v) is 15.4. The Hall–Kier alpha value is -2.57. The van der Waals surface area contributed by atoms with E-state index >= 15 is 0 Å². The van der Waals surface area contributed by atoms with E-state index in [2.05, 4.69) is 16.0 Å². The molecule has 0 aliphatic rings. The molecule has 0 unspecified atom stereocenters. The fraction of sp³-hybridized carbons (Fsp3) is 0.167. The topological polar surface area (TPSA) is 87.3 Å². The first-order chi connectivity index (χ1) is 12.4. The molecule has 2 aromatic carbocycles. The van der Waals surface area contributed by atoms with Gasteiger partial charge in [0.2, 0.25) is 5.91 Å². The van der Waals surface area contributed by atoms with Crippen LogP contribution in [0, 0.1) is 0 Å². The predicted octanol–water partition coefficient (Wildman–Crippen LogP) is 3.11. The van der Waals surface area contributed by atoms with Crippen LogP contribution in [-0.4, -0.2) is 31.3 Å². The van der Waals surface area contributed by atoms with E-state index in [9.17, 15) is 14.4 Å². The van der Waals surface area contributed by atoms with Crippen LogP contribution < -0.4 is 16.0 Å². The van der Waals surface area contributed by atoms with Crippen molar-refractivity contribution in [1.82, 2.24) is 10.6 Å². The zero-order chi connectivity index (χ0) is 19.1. The van der Waals surface area contributed by atoms with Crippen LogP contribution >= 0.6 is 23.2 Å². The van der Waals surface area contributed by atoms with Gasteiger partial charge in [-0.15, -0.1) is 0 Å². The van der Waals surface area contributed by atoms with Crippen LogP contribution in [0.1, 0.15) is 27.1 Å². The summed E-state index contributed by atoms with van der Waals surface area (Å²) in [7, 11) is 1.49. The predicted molar refractivity (Wildman–Crippen MR) is 102 cm³/mol. The summed E-state index contributed by atoms with van der Waals surface area (Å²) >= 11 is 11.7. The van der Waals surface area contributed by atoms with Gasteiger partial charge in [0.15, 0.2) is 0 Å². The number of benzene rings is 2. The maximum absolute atomic E-state index is 12.1. The van der Waals surface area contributed by atoms with Crippen molar-refractivity contribution in [1.29, 1.82) is 0 Å². The van der Waals surface area contributed by atoms with Crippen molar-refractivity contribution < 1.29 is 14.4 Å². The van der Waals surface area contributed by atoms with Gasteiger partial charge in [-0.2, -0.15) is 0 Å². The molecule has 3 amide bonds. The number of amides is 3. The smallest absolute Gasteiger partial charge is 0.253 e. The van der Waals surface area contributed by atoms with E-state index in [4.69, 9.17) is 23.2 Å². The highest BCUT2D eigenvalue weighted by molar-refractivity contribution is 6.31. The molecule has 0 aromatic heterocycles. The normalized spacial score (nSPS) is 10.1. The molecule has 8 heteroatoms. The van der Waals surface area contributed by atoms with E-state index in [1.165, 1.54) is 13.1 Å². The Balaban J connectivity index is 1.91. The van der Waals surface area contributed by atoms with E-state index in [1.54, 1.807) is 36.4 Å². The number of carbonyl (C=O) groups is 3. The lowest BCUT2D eigenvalue weighted by Crippen LogP contribution is -2.28. The van der Waals surface area contributed by atoms with Gasteiger partial charge in [-0.05, 0) is 36.4 Å². The molecule has 0 heterocycles. The van der Waals surface area contributed by atoms with Gasteiger partial charge in [0.05, 0.1) is 11.3 Å². The minimum Gasteiger partial charge on any atom is -0.355 e. The van der Waals surface area contributed by atoms with Crippen LogP contribution in [0.25, 0.3) is 0 Å². The Morgan fingerprint density at radius 1 is 0.962 bits per heavy atom. The molecule has 0 atom stereocenters. The number of halogens is 2. The van der Waals surface area contributed by atoms with Crippen LogP contribution in [0.5, 0.6) is 0 Å². The molecule has 6 nitrogen and oxygen atoms in total. The fourth-order valence-corrected chi connectivity index (χ4v) is 2.54. The molecule has 0 fully saturated rings. The van der Waals surface area contributed by atoms with Crippen LogP contribution in [0.3, 0.4) is 0 Å². The maximum Gasteiger partial charge on any atom is 0.253 e. The first-order valence-corrected chi connectivity index (χ1v) is 8.51. The summed E-state index contributed by atoms with van der Waals surface area (Å²) in [5.41, 5.74) is 1.02. The number of anilines is 1. The average Bonchev–Trinajstić information content (AvgIpc) is 2.62. The number of hydrogen-bond donors (Lipinski definition) is 3. The van der Waals surface area contributed by atoms with E-state index in [1.807, 2.05) is 0 Å². The Morgan fingerprint density at radius 3 is 2.38 bits per heavy atom. The van der Waals surface area contributed by atoms with E-state index in [0.29, 0.717) is 21.3 Å². The summed E-state index contributed by atoms with van der Waals surface area (Å²) in [6.45, 7) is 0.139. The second-order valence-corrected chi connectivity index (χ2v) is 6.21. The van der Waals surface area contributed by atoms with Crippen molar-refractivity contribution in [3.8, 4) is 0 Å². The molecule has 2 rings (SSSR count). The molecule has 0 aliphatic carbocycles. The lowest BCUT2D eigenvalue weighted by atomic mass is 10.1. The fourth-order valence-electron chi connectivity index (χ4n) is 2.18. The molecular weight excluding hydrogens is 377 g/mol. The SMILES string of the molecule is CNC(=O)c1cc(Cl)ccc1NC(=O)CCNC(=O)c1cccc(Cl)c1. The van der Waals surface area contributed by atoms with Crippen LogP contribution in [-0.2, 0) is 4.79 Å². The van der Waals surface area contributed by atoms with E-state index in [-0.39, 0.29) is 36.3 Å². The third kappa shape index (κ3) is 5.47. The second kappa shape index (κ2) is 9.22. The Morgan fingerprint density at radius 2 is 1.69 bits per heavy atom. The molecule has 26 heavy (non-hydrogen) atoms. The molecule has 2 aromatic rings. The Labute approximate surface area is 160 Å². The highest BCUT2D eigenvalue weighted by Gasteiger charge is 2.13. The van der Waals surface area contributed by atoms with Crippen molar-refractivity contribution in [3.63, 3.8) is 0 Å². The minimum absolute atomic E-state index is 0.0438. The highest BCUT2D eigenvalue weighted by atomic mass is 35.5. The zero-order valence-electron chi connectivity index (χ0n) is 13.9. The second-order valence-electron chi connectivity index (χ2n) is 5.33. The molecule has 3 N–H and O–H groups in total. The summed E-state index contributed by atoms with van der Waals surface area (Å²) < 4.78 is 0. The lowest BCUT2D eigenvalue weighted by molar-refractivity contribution is -0.116. The summed E-state index contributed by atoms with van der Waals surface area (Å²) in [6.07, 6.45) is 0.0438. The largest absolute Gasteiger partial charge is 0.355 e. The van der Waals surface area contributed by atoms with Gasteiger partial charge in [-0.1, -0.05) is 29.3 Å². The van der Waals surface area contributed by atoms with Crippen molar-refractivity contribution in [3.05, 3.63) is 63.6 Å². The minimum atomic E-state index is -0.364. The molecule has 0 spiro atoms. The van der Waals surface area contributed by atoms with Gasteiger partial charge in [-0.25, -0.2) is 0 Å². The molecule has 0 radical (unpaired) electrons. The molecule has 0 saturated heterocycles. The van der Waals surface area contributed by atoms with Crippen LogP contribution in [0.15, 0.2) is 42.5 Å². The van der Waals surface area contributed by atoms with Gasteiger partial charge in [0, 0.05) is 35.6 Å². The maximum atomic E-state index is 12.1. The van der Waals surface area contributed by atoms with E-state index < -0.39 is 0 Å². The quantitative estimate of drug-likeness (QED) is 0.704. The van der Waals surface area contributed by atoms with Crippen molar-refractivity contribution in [2.75, 3.05) is 18.9 Å². The monoisotopic (exact) mass is 393 g/mol. The first-order valence-electron chi connectivity index (χ1n) is 7.76. The van der Waals surface area contributed by atoms with Crippen LogP contribution in [0.4, 0.5) is 5.69 Å². The van der Waals surface area contributed by atoms with Gasteiger partial charge in [0.25, 0.3) is 11.8 Å². The first kappa shape index (κ1) is 19.8. The third-order valence-corrected chi connectivity index (χ3v) is 3.92. The van der Waals surface area contributed by atoms with Gasteiger partial charge < -0.3 is 16.0 Å². The number of carbonyl (C=O) groups excluding carboxylic acids is 3. The summed E-state index contributed by atoms with van der Waals surface area (Å²) in [6, 6.07) is 11.1. The van der Waals surface area contributed by atoms with Crippen molar-refractivity contribution in [2.24, 2.45) is 0 Å². The third-order valence-electron chi connectivity index (χ3n) is 3.45. The molecular formula is C18H17Cl2N3O3. The lowest BCUT2D eigenvalue weighted by Gasteiger charge is -2.11. The Bertz CT molecular complexity index is 840. The standard InChI is InChI=1S/C18H17Cl2N3O3/c1-21-18(26)14-10-13(20)5-6-15(14)23-16(24)7-8-22-17(25)11-3-2-4-12(19)9-11/h2-6,9-10H,7-8H2,1H3,(H,21,26)(H,22,25)(H,23,24). The summed E-state index contributed by atoms with van der Waals surface area (Å²) in [4.78, 5) is 35.9. The number of nitrogens with one attached hydrogen (secondary N) is 3.